The van der Waals surface area contributed by atoms with Crippen molar-refractivity contribution >= 4 is 5.69 Å². The summed E-state index contributed by atoms with van der Waals surface area (Å²) in [5, 5.41) is 14.9. The van der Waals surface area contributed by atoms with E-state index in [-0.39, 0.29) is 11.3 Å². The first kappa shape index (κ1) is 26.3. The fourth-order valence-electron chi connectivity index (χ4n) is 4.13. The van der Waals surface area contributed by atoms with E-state index in [1.54, 1.807) is 19.2 Å². The first-order valence-corrected chi connectivity index (χ1v) is 12.4. The van der Waals surface area contributed by atoms with Gasteiger partial charge in [0.2, 0.25) is 0 Å². The van der Waals surface area contributed by atoms with Gasteiger partial charge in [-0.25, -0.2) is 4.68 Å². The molecule has 0 aliphatic carbocycles. The normalized spacial score (nSPS) is 11.1. The second-order valence-corrected chi connectivity index (χ2v) is 8.97. The molecule has 1 aromatic heterocycles. The Balaban J connectivity index is 1.50. The van der Waals surface area contributed by atoms with Crippen molar-refractivity contribution in [2.75, 3.05) is 39.2 Å². The van der Waals surface area contributed by atoms with Crippen LogP contribution in [0.3, 0.4) is 0 Å². The zero-order valence-corrected chi connectivity index (χ0v) is 21.4. The van der Waals surface area contributed by atoms with E-state index in [9.17, 15) is 9.90 Å². The summed E-state index contributed by atoms with van der Waals surface area (Å²) in [4.78, 5) is 16.7. The van der Waals surface area contributed by atoms with Gasteiger partial charge >= 0.3 is 0 Å². The van der Waals surface area contributed by atoms with Crippen molar-refractivity contribution in [2.45, 2.75) is 45.7 Å². The minimum atomic E-state index is -0.119. The van der Waals surface area contributed by atoms with E-state index in [0.717, 1.165) is 56.8 Å². The van der Waals surface area contributed by atoms with Gasteiger partial charge in [-0.15, -0.1) is 0 Å². The van der Waals surface area contributed by atoms with Crippen molar-refractivity contribution in [1.29, 1.82) is 0 Å². The summed E-state index contributed by atoms with van der Waals surface area (Å²) in [5.41, 5.74) is 3.28. The zero-order valence-electron chi connectivity index (χ0n) is 21.4. The van der Waals surface area contributed by atoms with Crippen LogP contribution < -0.4 is 15.2 Å². The van der Waals surface area contributed by atoms with Crippen molar-refractivity contribution < 1.29 is 9.84 Å². The largest absolute Gasteiger partial charge is 0.507 e. The molecular weight excluding hydrogens is 440 g/mol. The molecule has 3 rings (SSSR count). The molecule has 188 valence electrons. The number of phenols is 1. The van der Waals surface area contributed by atoms with Crippen LogP contribution in [0.1, 0.15) is 38.2 Å². The van der Waals surface area contributed by atoms with Crippen molar-refractivity contribution in [3.05, 3.63) is 70.5 Å². The number of para-hydroxylation sites is 1. The molecule has 0 spiro atoms. The molecule has 0 saturated carbocycles. The number of aryl methyl sites for hydroxylation is 1. The monoisotopic (exact) mass is 478 g/mol. The Labute approximate surface area is 208 Å². The molecule has 7 heteroatoms. The van der Waals surface area contributed by atoms with Crippen LogP contribution in [-0.2, 0) is 13.1 Å². The molecule has 0 amide bonds. The molecule has 0 aliphatic heterocycles. The van der Waals surface area contributed by atoms with Crippen LogP contribution in [-0.4, -0.2) is 54.1 Å². The Morgan fingerprint density at radius 2 is 1.77 bits per heavy atom. The van der Waals surface area contributed by atoms with Crippen LogP contribution in [0.2, 0.25) is 0 Å². The Morgan fingerprint density at radius 3 is 2.51 bits per heavy atom. The average Bonchev–Trinajstić information content (AvgIpc) is 2.86. The third kappa shape index (κ3) is 7.33. The highest BCUT2D eigenvalue weighted by molar-refractivity contribution is 5.71. The average molecular weight is 479 g/mol. The summed E-state index contributed by atoms with van der Waals surface area (Å²) in [6.45, 7) is 5.66. The molecule has 2 aromatic carbocycles. The first-order valence-electron chi connectivity index (χ1n) is 12.4. The summed E-state index contributed by atoms with van der Waals surface area (Å²) in [5.74, 6) is 1.09. The molecule has 1 N–H and O–H groups in total. The van der Waals surface area contributed by atoms with E-state index in [2.05, 4.69) is 29.1 Å². The van der Waals surface area contributed by atoms with Gasteiger partial charge in [0, 0.05) is 50.1 Å². The van der Waals surface area contributed by atoms with Crippen LogP contribution in [0.15, 0.2) is 59.4 Å². The molecule has 1 heterocycles. The highest BCUT2D eigenvalue weighted by Crippen LogP contribution is 2.30. The number of aromatic hydroxyl groups is 1. The molecule has 0 saturated heterocycles. The minimum Gasteiger partial charge on any atom is -0.507 e. The number of anilines is 1. The molecule has 7 nitrogen and oxygen atoms in total. The number of phenolic OH excluding ortho intramolecular Hbond substituents is 1. The van der Waals surface area contributed by atoms with Gasteiger partial charge < -0.3 is 14.7 Å². The molecule has 0 radical (unpaired) electrons. The van der Waals surface area contributed by atoms with Gasteiger partial charge in [-0.2, -0.15) is 5.10 Å². The maximum absolute atomic E-state index is 12.3. The summed E-state index contributed by atoms with van der Waals surface area (Å²) < 4.78 is 6.99. The molecule has 3 aromatic rings. The Morgan fingerprint density at radius 1 is 1.00 bits per heavy atom. The lowest BCUT2D eigenvalue weighted by Crippen LogP contribution is -2.24. The van der Waals surface area contributed by atoms with Crippen LogP contribution in [0.5, 0.6) is 11.5 Å². The SMILES string of the molecule is CCN(CCCCCCn1nc(-c2cc(N(C)C)ccc2O)ccc1=O)Cc1ccccc1OC. The molecule has 35 heavy (non-hydrogen) atoms. The van der Waals surface area contributed by atoms with E-state index >= 15 is 0 Å². The second kappa shape index (κ2) is 13.0. The lowest BCUT2D eigenvalue weighted by atomic mass is 10.1. The molecule has 0 fully saturated rings. The molecule has 0 atom stereocenters. The smallest absolute Gasteiger partial charge is 0.266 e. The Bertz CT molecular complexity index is 1140. The first-order chi connectivity index (χ1) is 16.9. The third-order valence-electron chi connectivity index (χ3n) is 6.27. The maximum Gasteiger partial charge on any atom is 0.266 e. The lowest BCUT2D eigenvalue weighted by Gasteiger charge is -2.21. The van der Waals surface area contributed by atoms with Gasteiger partial charge in [0.15, 0.2) is 0 Å². The molecule has 0 aliphatic rings. The van der Waals surface area contributed by atoms with Crippen LogP contribution in [0.4, 0.5) is 5.69 Å². The van der Waals surface area contributed by atoms with Gasteiger partial charge in [0.05, 0.1) is 12.8 Å². The number of hydrogen-bond donors (Lipinski definition) is 1. The van der Waals surface area contributed by atoms with Crippen LogP contribution >= 0.6 is 0 Å². The van der Waals surface area contributed by atoms with Crippen molar-refractivity contribution in [1.82, 2.24) is 14.7 Å². The quantitative estimate of drug-likeness (QED) is 0.357. The molecule has 0 bridgehead atoms. The van der Waals surface area contributed by atoms with E-state index in [0.29, 0.717) is 17.8 Å². The van der Waals surface area contributed by atoms with Gasteiger partial charge in [-0.1, -0.05) is 38.0 Å². The number of aromatic nitrogens is 2. The van der Waals surface area contributed by atoms with E-state index in [1.165, 1.54) is 16.3 Å². The second-order valence-electron chi connectivity index (χ2n) is 8.97. The maximum atomic E-state index is 12.3. The summed E-state index contributed by atoms with van der Waals surface area (Å²) in [7, 11) is 5.61. The van der Waals surface area contributed by atoms with Gasteiger partial charge in [-0.3, -0.25) is 9.69 Å². The number of unbranched alkanes of at least 4 members (excludes halogenated alkanes) is 3. The highest BCUT2D eigenvalue weighted by Gasteiger charge is 2.11. The van der Waals surface area contributed by atoms with Crippen LogP contribution in [0, 0.1) is 0 Å². The number of rotatable bonds is 13. The van der Waals surface area contributed by atoms with Crippen molar-refractivity contribution in [3.63, 3.8) is 0 Å². The fourth-order valence-corrected chi connectivity index (χ4v) is 4.13. The predicted octanol–water partition coefficient (Wildman–Crippen LogP) is 4.77. The minimum absolute atomic E-state index is 0.119. The third-order valence-corrected chi connectivity index (χ3v) is 6.27. The number of methoxy groups -OCH3 is 1. The van der Waals surface area contributed by atoms with Crippen LogP contribution in [0.25, 0.3) is 11.3 Å². The Hall–Kier alpha value is -3.32. The molecular formula is C28H38N4O3. The van der Waals surface area contributed by atoms with Gasteiger partial charge in [-0.05, 0) is 56.3 Å². The fraction of sp³-hybridized carbons (Fsp3) is 0.429. The zero-order chi connectivity index (χ0) is 25.2. The number of ether oxygens (including phenoxy) is 1. The van der Waals surface area contributed by atoms with E-state index in [4.69, 9.17) is 4.74 Å². The van der Waals surface area contributed by atoms with Gasteiger partial charge in [0.25, 0.3) is 5.56 Å². The highest BCUT2D eigenvalue weighted by atomic mass is 16.5. The molecule has 0 unspecified atom stereocenters. The predicted molar refractivity (Wildman–Crippen MR) is 142 cm³/mol. The number of benzene rings is 2. The van der Waals surface area contributed by atoms with E-state index < -0.39 is 0 Å². The topological polar surface area (TPSA) is 70.8 Å². The number of nitrogens with zero attached hydrogens (tertiary/aromatic N) is 4. The summed E-state index contributed by atoms with van der Waals surface area (Å²) in [6.07, 6.45) is 4.13. The summed E-state index contributed by atoms with van der Waals surface area (Å²) in [6, 6.07) is 16.8. The number of hydrogen-bond acceptors (Lipinski definition) is 6. The standard InChI is InChI=1S/C28H38N4O3/c1-5-31(21-22-12-8-9-13-27(22)35-4)18-10-6-7-11-19-32-28(34)17-15-25(29-32)24-20-23(30(2)3)14-16-26(24)33/h8-9,12-17,20,33H,5-7,10-11,18-19,21H2,1-4H3. The van der Waals surface area contributed by atoms with E-state index in [1.807, 2.05) is 43.3 Å². The van der Waals surface area contributed by atoms with Gasteiger partial charge in [0.1, 0.15) is 11.5 Å². The lowest BCUT2D eigenvalue weighted by molar-refractivity contribution is 0.267. The Kier molecular flexibility index (Phi) is 9.73. The van der Waals surface area contributed by atoms with Crippen molar-refractivity contribution in [3.8, 4) is 22.8 Å². The van der Waals surface area contributed by atoms with Crippen molar-refractivity contribution in [2.24, 2.45) is 0 Å². The summed E-state index contributed by atoms with van der Waals surface area (Å²) >= 11 is 0.